The summed E-state index contributed by atoms with van der Waals surface area (Å²) in [4.78, 5) is 35.8. The van der Waals surface area contributed by atoms with Gasteiger partial charge in [-0.2, -0.15) is 0 Å². The Bertz CT molecular complexity index is 852. The molecule has 0 aliphatic heterocycles. The first-order valence-corrected chi connectivity index (χ1v) is 9.78. The van der Waals surface area contributed by atoms with Gasteiger partial charge >= 0.3 is 5.97 Å². The quantitative estimate of drug-likeness (QED) is 0.630. The van der Waals surface area contributed by atoms with Crippen molar-refractivity contribution in [2.24, 2.45) is 0 Å². The van der Waals surface area contributed by atoms with Gasteiger partial charge in [0.05, 0.1) is 13.0 Å². The summed E-state index contributed by atoms with van der Waals surface area (Å²) in [6.45, 7) is 5.07. The minimum absolute atomic E-state index is 0.0434. The van der Waals surface area contributed by atoms with Crippen LogP contribution in [0.4, 0.5) is 5.13 Å². The molecule has 0 spiro atoms. The molecule has 0 aliphatic rings. The maximum Gasteiger partial charge on any atom is 0.306 e. The zero-order chi connectivity index (χ0) is 20.7. The normalized spacial score (nSPS) is 11.0. The molecule has 1 aromatic carbocycles. The maximum atomic E-state index is 12.5. The average molecular weight is 425 g/mol. The molecule has 10 heteroatoms. The summed E-state index contributed by atoms with van der Waals surface area (Å²) in [7, 11) is 0. The predicted octanol–water partition coefficient (Wildman–Crippen LogP) is 3.04. The largest absolute Gasteiger partial charge is 0.466 e. The molecule has 2 aromatic rings. The van der Waals surface area contributed by atoms with E-state index in [4.69, 9.17) is 16.3 Å². The first-order valence-electron chi connectivity index (χ1n) is 8.59. The molecule has 28 heavy (non-hydrogen) atoms. The fraction of sp³-hybridized carbons (Fsp3) is 0.389. The van der Waals surface area contributed by atoms with Crippen LogP contribution in [0, 0.1) is 0 Å². The monoisotopic (exact) mass is 424 g/mol. The van der Waals surface area contributed by atoms with Gasteiger partial charge in [-0.15, -0.1) is 10.2 Å². The van der Waals surface area contributed by atoms with Crippen LogP contribution in [-0.2, 0) is 19.1 Å². The summed E-state index contributed by atoms with van der Waals surface area (Å²) in [5, 5.41) is 14.8. The Morgan fingerprint density at radius 2 is 1.82 bits per heavy atom. The molecule has 0 saturated heterocycles. The average Bonchev–Trinajstić information content (AvgIpc) is 3.09. The van der Waals surface area contributed by atoms with E-state index in [9.17, 15) is 14.4 Å². The van der Waals surface area contributed by atoms with E-state index in [0.29, 0.717) is 15.2 Å². The highest BCUT2D eigenvalue weighted by molar-refractivity contribution is 7.18. The van der Waals surface area contributed by atoms with Crippen molar-refractivity contribution in [2.75, 3.05) is 11.9 Å². The lowest BCUT2D eigenvalue weighted by molar-refractivity contribution is -0.144. The molecule has 2 rings (SSSR count). The molecule has 150 valence electrons. The molecule has 0 aliphatic carbocycles. The summed E-state index contributed by atoms with van der Waals surface area (Å²) < 4.78 is 4.77. The number of nitrogens with zero attached hydrogens (tertiary/aromatic N) is 2. The topological polar surface area (TPSA) is 110 Å². The second-order valence-electron chi connectivity index (χ2n) is 6.35. The molecule has 2 N–H and O–H groups in total. The third kappa shape index (κ3) is 6.28. The number of hydrogen-bond donors (Lipinski definition) is 2. The SMILES string of the molecule is CCOC(=O)CCC(=O)NC(C)(C)C(=O)Nc1nnc(-c2ccc(Cl)cc2)s1. The van der Waals surface area contributed by atoms with E-state index in [2.05, 4.69) is 20.8 Å². The van der Waals surface area contributed by atoms with E-state index in [0.717, 1.165) is 5.56 Å². The van der Waals surface area contributed by atoms with Gasteiger partial charge in [0.25, 0.3) is 5.91 Å². The van der Waals surface area contributed by atoms with Crippen molar-refractivity contribution < 1.29 is 19.1 Å². The predicted molar refractivity (Wildman–Crippen MR) is 107 cm³/mol. The van der Waals surface area contributed by atoms with Crippen molar-refractivity contribution in [3.05, 3.63) is 29.3 Å². The van der Waals surface area contributed by atoms with Crippen molar-refractivity contribution in [1.29, 1.82) is 0 Å². The van der Waals surface area contributed by atoms with Gasteiger partial charge < -0.3 is 10.1 Å². The van der Waals surface area contributed by atoms with Crippen LogP contribution >= 0.6 is 22.9 Å². The molecular formula is C18H21ClN4O4S. The Labute approximate surface area is 171 Å². The number of benzene rings is 1. The van der Waals surface area contributed by atoms with Crippen LogP contribution in [0.2, 0.25) is 5.02 Å². The van der Waals surface area contributed by atoms with Crippen molar-refractivity contribution in [3.8, 4) is 10.6 Å². The summed E-state index contributed by atoms with van der Waals surface area (Å²) in [6.07, 6.45) is -0.104. The standard InChI is InChI=1S/C18H21ClN4O4S/c1-4-27-14(25)10-9-13(24)21-18(2,3)16(26)20-17-23-22-15(28-17)11-5-7-12(19)8-6-11/h5-8H,4,9-10H2,1-3H3,(H,21,24)(H,20,23,26). The number of carbonyl (C=O) groups excluding carboxylic acids is 3. The van der Waals surface area contributed by atoms with Gasteiger partial charge in [0, 0.05) is 17.0 Å². The summed E-state index contributed by atoms with van der Waals surface area (Å²) in [5.41, 5.74) is -0.369. The van der Waals surface area contributed by atoms with Crippen LogP contribution < -0.4 is 10.6 Å². The van der Waals surface area contributed by atoms with Gasteiger partial charge in [-0.3, -0.25) is 19.7 Å². The second kappa shape index (κ2) is 9.61. The van der Waals surface area contributed by atoms with E-state index in [1.54, 1.807) is 32.9 Å². The summed E-state index contributed by atoms with van der Waals surface area (Å²) in [6, 6.07) is 7.10. The lowest BCUT2D eigenvalue weighted by Gasteiger charge is -2.24. The van der Waals surface area contributed by atoms with Gasteiger partial charge in [0.2, 0.25) is 11.0 Å². The number of carbonyl (C=O) groups is 3. The van der Waals surface area contributed by atoms with Crippen molar-refractivity contribution in [2.45, 2.75) is 39.2 Å². The zero-order valence-corrected chi connectivity index (χ0v) is 17.3. The van der Waals surface area contributed by atoms with Crippen LogP contribution in [0.15, 0.2) is 24.3 Å². The van der Waals surface area contributed by atoms with Crippen LogP contribution in [0.5, 0.6) is 0 Å². The highest BCUT2D eigenvalue weighted by Gasteiger charge is 2.30. The Hall–Kier alpha value is -2.52. The Balaban J connectivity index is 1.93. The van der Waals surface area contributed by atoms with Gasteiger partial charge in [-0.1, -0.05) is 35.1 Å². The maximum absolute atomic E-state index is 12.5. The smallest absolute Gasteiger partial charge is 0.306 e. The zero-order valence-electron chi connectivity index (χ0n) is 15.7. The summed E-state index contributed by atoms with van der Waals surface area (Å²) in [5.74, 6) is -1.33. The van der Waals surface area contributed by atoms with Crippen molar-refractivity contribution in [1.82, 2.24) is 15.5 Å². The van der Waals surface area contributed by atoms with E-state index < -0.39 is 23.3 Å². The van der Waals surface area contributed by atoms with Gasteiger partial charge in [-0.25, -0.2) is 0 Å². The fourth-order valence-corrected chi connectivity index (χ4v) is 3.02. The second-order valence-corrected chi connectivity index (χ2v) is 7.77. The molecule has 0 atom stereocenters. The number of aromatic nitrogens is 2. The number of ether oxygens (including phenoxy) is 1. The number of esters is 1. The molecule has 8 nitrogen and oxygen atoms in total. The third-order valence-corrected chi connectivity index (χ3v) is 4.76. The number of hydrogen-bond acceptors (Lipinski definition) is 7. The molecule has 0 fully saturated rings. The van der Waals surface area contributed by atoms with Crippen LogP contribution in [0.25, 0.3) is 10.6 Å². The first kappa shape index (κ1) is 21.8. The van der Waals surface area contributed by atoms with Crippen molar-refractivity contribution in [3.63, 3.8) is 0 Å². The molecule has 0 unspecified atom stereocenters. The number of halogens is 1. The van der Waals surface area contributed by atoms with Crippen LogP contribution in [0.3, 0.4) is 0 Å². The number of anilines is 1. The molecule has 1 heterocycles. The molecule has 0 radical (unpaired) electrons. The molecule has 0 bridgehead atoms. The van der Waals surface area contributed by atoms with Crippen LogP contribution in [0.1, 0.15) is 33.6 Å². The lowest BCUT2D eigenvalue weighted by Crippen LogP contribution is -2.52. The Morgan fingerprint density at radius 1 is 1.14 bits per heavy atom. The molecule has 1 aromatic heterocycles. The van der Waals surface area contributed by atoms with E-state index >= 15 is 0 Å². The Morgan fingerprint density at radius 3 is 2.46 bits per heavy atom. The highest BCUT2D eigenvalue weighted by atomic mass is 35.5. The number of rotatable bonds is 8. The lowest BCUT2D eigenvalue weighted by atomic mass is 10.0. The van der Waals surface area contributed by atoms with Gasteiger partial charge in [0.15, 0.2) is 0 Å². The minimum Gasteiger partial charge on any atom is -0.466 e. The molecule has 2 amide bonds. The molecular weight excluding hydrogens is 404 g/mol. The first-order chi connectivity index (χ1) is 13.2. The van der Waals surface area contributed by atoms with E-state index in [-0.39, 0.29) is 19.4 Å². The van der Waals surface area contributed by atoms with Gasteiger partial charge in [0.1, 0.15) is 10.5 Å². The Kier molecular flexibility index (Phi) is 7.47. The van der Waals surface area contributed by atoms with Crippen LogP contribution in [-0.4, -0.2) is 40.1 Å². The number of nitrogens with one attached hydrogen (secondary N) is 2. The van der Waals surface area contributed by atoms with E-state index in [1.165, 1.54) is 11.3 Å². The van der Waals surface area contributed by atoms with Gasteiger partial charge in [-0.05, 0) is 32.9 Å². The van der Waals surface area contributed by atoms with Crippen molar-refractivity contribution >= 4 is 45.9 Å². The minimum atomic E-state index is -1.20. The fourth-order valence-electron chi connectivity index (χ4n) is 2.15. The van der Waals surface area contributed by atoms with E-state index in [1.807, 2.05) is 12.1 Å². The molecule has 0 saturated carbocycles. The summed E-state index contributed by atoms with van der Waals surface area (Å²) >= 11 is 7.07. The highest BCUT2D eigenvalue weighted by Crippen LogP contribution is 2.27. The number of amides is 2. The third-order valence-electron chi connectivity index (χ3n) is 3.62.